The van der Waals surface area contributed by atoms with E-state index in [1.807, 2.05) is 72.8 Å². The lowest BCUT2D eigenvalue weighted by Crippen LogP contribution is -2.09. The molecule has 0 aliphatic heterocycles. The third-order valence-electron chi connectivity index (χ3n) is 7.11. The SMILES string of the molecule is Cc1c(Cc2ccc(C#N)cc2)c(C)c(Cc2ccc(C#N)cc2)c(C)c1Cc1ccc(C#N)cc1. The first kappa shape index (κ1) is 24.5. The summed E-state index contributed by atoms with van der Waals surface area (Å²) < 4.78 is 0. The Bertz CT molecular complexity index is 1310. The van der Waals surface area contributed by atoms with Gasteiger partial charge in [0.2, 0.25) is 0 Å². The molecule has 0 saturated heterocycles. The average molecular weight is 466 g/mol. The van der Waals surface area contributed by atoms with Crippen LogP contribution in [0.25, 0.3) is 0 Å². The second kappa shape index (κ2) is 10.7. The van der Waals surface area contributed by atoms with Crippen LogP contribution in [0.4, 0.5) is 0 Å². The van der Waals surface area contributed by atoms with Crippen LogP contribution in [-0.4, -0.2) is 0 Å². The van der Waals surface area contributed by atoms with E-state index in [0.29, 0.717) is 16.7 Å². The van der Waals surface area contributed by atoms with Crippen molar-refractivity contribution in [2.45, 2.75) is 40.0 Å². The maximum absolute atomic E-state index is 9.17. The Morgan fingerprint density at radius 2 is 0.639 bits per heavy atom. The molecule has 4 aromatic rings. The molecule has 0 aromatic heterocycles. The molecular formula is C33H27N3. The maximum atomic E-state index is 9.17. The number of hydrogen-bond donors (Lipinski definition) is 0. The van der Waals surface area contributed by atoms with Gasteiger partial charge in [0.1, 0.15) is 0 Å². The molecule has 0 bridgehead atoms. The zero-order valence-electron chi connectivity index (χ0n) is 20.9. The zero-order valence-corrected chi connectivity index (χ0v) is 20.9. The van der Waals surface area contributed by atoms with Gasteiger partial charge in [0, 0.05) is 0 Å². The largest absolute Gasteiger partial charge is 0.192 e. The number of benzene rings is 4. The second-order valence-corrected chi connectivity index (χ2v) is 9.27. The van der Waals surface area contributed by atoms with E-state index in [1.54, 1.807) is 0 Å². The van der Waals surface area contributed by atoms with Gasteiger partial charge in [-0.15, -0.1) is 0 Å². The molecule has 0 N–H and O–H groups in total. The molecule has 36 heavy (non-hydrogen) atoms. The highest BCUT2D eigenvalue weighted by Crippen LogP contribution is 2.32. The molecule has 0 spiro atoms. The summed E-state index contributed by atoms with van der Waals surface area (Å²) in [6.45, 7) is 6.64. The van der Waals surface area contributed by atoms with Crippen LogP contribution in [0.2, 0.25) is 0 Å². The van der Waals surface area contributed by atoms with Gasteiger partial charge in [-0.05, 0) is 127 Å². The Morgan fingerprint density at radius 1 is 0.417 bits per heavy atom. The van der Waals surface area contributed by atoms with Crippen molar-refractivity contribution in [1.29, 1.82) is 15.8 Å². The van der Waals surface area contributed by atoms with E-state index in [2.05, 4.69) is 39.0 Å². The summed E-state index contributed by atoms with van der Waals surface area (Å²) in [6.07, 6.45) is 2.39. The van der Waals surface area contributed by atoms with Crippen molar-refractivity contribution < 1.29 is 0 Å². The third kappa shape index (κ3) is 5.20. The van der Waals surface area contributed by atoms with Crippen LogP contribution in [0.15, 0.2) is 72.8 Å². The maximum Gasteiger partial charge on any atom is 0.0991 e. The van der Waals surface area contributed by atoms with Crippen LogP contribution in [0, 0.1) is 54.8 Å². The highest BCUT2D eigenvalue weighted by Gasteiger charge is 2.18. The van der Waals surface area contributed by atoms with Crippen LogP contribution in [0.3, 0.4) is 0 Å². The van der Waals surface area contributed by atoms with Gasteiger partial charge in [-0.1, -0.05) is 36.4 Å². The van der Waals surface area contributed by atoms with Crippen molar-refractivity contribution in [2.24, 2.45) is 0 Å². The lowest BCUT2D eigenvalue weighted by atomic mass is 9.81. The van der Waals surface area contributed by atoms with E-state index >= 15 is 0 Å². The van der Waals surface area contributed by atoms with E-state index in [1.165, 1.54) is 50.1 Å². The summed E-state index contributed by atoms with van der Waals surface area (Å²) >= 11 is 0. The predicted octanol–water partition coefficient (Wildman–Crippen LogP) is 7.00. The Kier molecular flexibility index (Phi) is 7.30. The number of nitriles is 3. The van der Waals surface area contributed by atoms with Crippen molar-refractivity contribution >= 4 is 0 Å². The highest BCUT2D eigenvalue weighted by atomic mass is 14.3. The Hall–Kier alpha value is -4.65. The molecule has 0 atom stereocenters. The Labute approximate surface area is 213 Å². The topological polar surface area (TPSA) is 71.4 Å². The van der Waals surface area contributed by atoms with Gasteiger partial charge in [-0.3, -0.25) is 0 Å². The molecule has 0 amide bonds. The quantitative estimate of drug-likeness (QED) is 0.308. The third-order valence-corrected chi connectivity index (χ3v) is 7.11. The molecule has 0 unspecified atom stereocenters. The second-order valence-electron chi connectivity index (χ2n) is 9.27. The molecule has 0 heterocycles. The van der Waals surface area contributed by atoms with Crippen LogP contribution in [0.1, 0.15) is 66.8 Å². The van der Waals surface area contributed by atoms with Crippen molar-refractivity contribution in [3.8, 4) is 18.2 Å². The lowest BCUT2D eigenvalue weighted by Gasteiger charge is -2.23. The summed E-state index contributed by atoms with van der Waals surface area (Å²) in [6, 6.07) is 30.1. The smallest absolute Gasteiger partial charge is 0.0991 e. The molecule has 4 aromatic carbocycles. The molecule has 0 saturated carbocycles. The van der Waals surface area contributed by atoms with Gasteiger partial charge in [-0.25, -0.2) is 0 Å². The minimum absolute atomic E-state index is 0.666. The summed E-state index contributed by atoms with van der Waals surface area (Å²) in [4.78, 5) is 0. The number of hydrogen-bond acceptors (Lipinski definition) is 3. The molecule has 4 rings (SSSR count). The van der Waals surface area contributed by atoms with Crippen LogP contribution in [0.5, 0.6) is 0 Å². The molecule has 0 fully saturated rings. The van der Waals surface area contributed by atoms with Gasteiger partial charge in [0.25, 0.3) is 0 Å². The summed E-state index contributed by atoms with van der Waals surface area (Å²) in [5.41, 5.74) is 13.4. The molecule has 0 aliphatic rings. The average Bonchev–Trinajstić information content (AvgIpc) is 2.92. The van der Waals surface area contributed by atoms with E-state index in [-0.39, 0.29) is 0 Å². The van der Waals surface area contributed by atoms with Crippen molar-refractivity contribution in [1.82, 2.24) is 0 Å². The molecule has 0 radical (unpaired) electrons. The summed E-state index contributed by atoms with van der Waals surface area (Å²) in [7, 11) is 0. The fourth-order valence-electron chi connectivity index (χ4n) is 4.89. The monoisotopic (exact) mass is 465 g/mol. The van der Waals surface area contributed by atoms with Gasteiger partial charge in [0.15, 0.2) is 0 Å². The lowest BCUT2D eigenvalue weighted by molar-refractivity contribution is 0.998. The molecule has 3 nitrogen and oxygen atoms in total. The van der Waals surface area contributed by atoms with Gasteiger partial charge < -0.3 is 0 Å². The minimum Gasteiger partial charge on any atom is -0.192 e. The Balaban J connectivity index is 1.80. The first-order valence-electron chi connectivity index (χ1n) is 12.0. The van der Waals surface area contributed by atoms with Crippen LogP contribution in [-0.2, 0) is 19.3 Å². The standard InChI is InChI=1S/C33H27N3/c1-22-31(16-25-4-10-28(19-34)11-5-25)23(2)33(18-27-8-14-30(21-36)15-9-27)24(3)32(22)17-26-6-12-29(20-35)13-7-26/h4-15H,16-18H2,1-3H3. The van der Waals surface area contributed by atoms with Crippen LogP contribution >= 0.6 is 0 Å². The van der Waals surface area contributed by atoms with E-state index in [9.17, 15) is 15.8 Å². The molecular weight excluding hydrogens is 438 g/mol. The first-order valence-corrected chi connectivity index (χ1v) is 12.0. The molecule has 0 aliphatic carbocycles. The summed E-state index contributed by atoms with van der Waals surface area (Å²) in [5, 5.41) is 27.5. The fourth-order valence-corrected chi connectivity index (χ4v) is 4.89. The fraction of sp³-hybridized carbons (Fsp3) is 0.182. The first-order chi connectivity index (χ1) is 17.4. The van der Waals surface area contributed by atoms with Gasteiger partial charge in [0.05, 0.1) is 34.9 Å². The zero-order chi connectivity index (χ0) is 25.7. The molecule has 174 valence electrons. The normalized spacial score (nSPS) is 10.3. The highest BCUT2D eigenvalue weighted by molar-refractivity contribution is 5.55. The van der Waals surface area contributed by atoms with E-state index in [0.717, 1.165) is 19.3 Å². The van der Waals surface area contributed by atoms with Crippen molar-refractivity contribution in [2.75, 3.05) is 0 Å². The molecule has 3 heteroatoms. The number of nitrogens with zero attached hydrogens (tertiary/aromatic N) is 3. The number of rotatable bonds is 6. The van der Waals surface area contributed by atoms with E-state index < -0.39 is 0 Å². The van der Waals surface area contributed by atoms with Crippen LogP contribution < -0.4 is 0 Å². The van der Waals surface area contributed by atoms with Crippen molar-refractivity contribution in [3.63, 3.8) is 0 Å². The Morgan fingerprint density at radius 3 is 0.833 bits per heavy atom. The van der Waals surface area contributed by atoms with Gasteiger partial charge in [-0.2, -0.15) is 15.8 Å². The van der Waals surface area contributed by atoms with E-state index in [4.69, 9.17) is 0 Å². The predicted molar refractivity (Wildman–Crippen MR) is 143 cm³/mol. The van der Waals surface area contributed by atoms with Gasteiger partial charge >= 0.3 is 0 Å². The summed E-state index contributed by atoms with van der Waals surface area (Å²) in [5.74, 6) is 0. The van der Waals surface area contributed by atoms with Crippen molar-refractivity contribution in [3.05, 3.63) is 140 Å². The minimum atomic E-state index is 0.666.